The van der Waals surface area contributed by atoms with Gasteiger partial charge in [0, 0.05) is 31.3 Å². The predicted molar refractivity (Wildman–Crippen MR) is 84.9 cm³/mol. The van der Waals surface area contributed by atoms with Gasteiger partial charge >= 0.3 is 5.97 Å². The summed E-state index contributed by atoms with van der Waals surface area (Å²) < 4.78 is 10.2. The van der Waals surface area contributed by atoms with Gasteiger partial charge in [0.05, 0.1) is 16.2 Å². The second-order valence-electron chi connectivity index (χ2n) is 5.66. The number of aromatic nitrogens is 1. The van der Waals surface area contributed by atoms with Gasteiger partial charge in [-0.3, -0.25) is 10.1 Å². The number of anilines is 1. The molecule has 2 aromatic rings. The van der Waals surface area contributed by atoms with Gasteiger partial charge in [0.25, 0.3) is 5.69 Å². The summed E-state index contributed by atoms with van der Waals surface area (Å²) in [7, 11) is 0. The van der Waals surface area contributed by atoms with E-state index < -0.39 is 10.9 Å². The number of carbonyl (C=O) groups is 1. The number of hydrogen-bond acceptors (Lipinski definition) is 7. The van der Waals surface area contributed by atoms with E-state index in [1.807, 2.05) is 4.90 Å². The number of hydrogen-bond donors (Lipinski definition) is 0. The number of aryl methyl sites for hydroxylation is 1. The van der Waals surface area contributed by atoms with Gasteiger partial charge in [0.2, 0.25) is 0 Å². The molecule has 3 rings (SSSR count). The van der Waals surface area contributed by atoms with E-state index in [4.69, 9.17) is 9.26 Å². The normalized spacial score (nSPS) is 14.0. The first kappa shape index (κ1) is 16.0. The van der Waals surface area contributed by atoms with Crippen LogP contribution in [0.2, 0.25) is 0 Å². The van der Waals surface area contributed by atoms with Crippen LogP contribution in [-0.4, -0.2) is 29.1 Å². The molecule has 0 saturated carbocycles. The Labute approximate surface area is 138 Å². The van der Waals surface area contributed by atoms with Crippen molar-refractivity contribution < 1.29 is 19.0 Å². The van der Waals surface area contributed by atoms with Crippen molar-refractivity contribution in [2.24, 2.45) is 0 Å². The van der Waals surface area contributed by atoms with Gasteiger partial charge in [-0.25, -0.2) is 4.79 Å². The third kappa shape index (κ3) is 3.37. The molecule has 0 unspecified atom stereocenters. The fourth-order valence-electron chi connectivity index (χ4n) is 2.74. The molecule has 0 radical (unpaired) electrons. The van der Waals surface area contributed by atoms with E-state index in [-0.39, 0.29) is 17.9 Å². The maximum Gasteiger partial charge on any atom is 0.340 e. The molecule has 1 aromatic carbocycles. The van der Waals surface area contributed by atoms with Crippen LogP contribution in [-0.2, 0) is 11.3 Å². The monoisotopic (exact) mass is 331 g/mol. The topological polar surface area (TPSA) is 98.7 Å². The summed E-state index contributed by atoms with van der Waals surface area (Å²) in [4.78, 5) is 25.0. The zero-order valence-corrected chi connectivity index (χ0v) is 13.2. The van der Waals surface area contributed by atoms with Crippen molar-refractivity contribution in [3.8, 4) is 0 Å². The second kappa shape index (κ2) is 6.69. The standard InChI is InChI=1S/C16H17N3O5/c1-11-8-12(17-24-11)10-23-16(20)14-9-13(19(21)22)4-5-15(14)18-6-2-3-7-18/h4-5,8-9H,2-3,6-7,10H2,1H3. The van der Waals surface area contributed by atoms with Gasteiger partial charge in [0.15, 0.2) is 0 Å². The number of rotatable bonds is 5. The summed E-state index contributed by atoms with van der Waals surface area (Å²) in [5.41, 5.74) is 1.22. The van der Waals surface area contributed by atoms with E-state index in [0.717, 1.165) is 25.9 Å². The molecular formula is C16H17N3O5. The van der Waals surface area contributed by atoms with Crippen molar-refractivity contribution in [2.45, 2.75) is 26.4 Å². The number of nitro groups is 1. The van der Waals surface area contributed by atoms with Crippen molar-refractivity contribution in [3.63, 3.8) is 0 Å². The van der Waals surface area contributed by atoms with Crippen LogP contribution in [0.1, 0.15) is 34.7 Å². The Morgan fingerprint density at radius 2 is 2.12 bits per heavy atom. The van der Waals surface area contributed by atoms with E-state index in [2.05, 4.69) is 5.16 Å². The molecule has 0 spiro atoms. The van der Waals surface area contributed by atoms with E-state index in [1.165, 1.54) is 12.1 Å². The molecule has 1 aliphatic rings. The molecule has 1 fully saturated rings. The lowest BCUT2D eigenvalue weighted by Gasteiger charge is -2.20. The zero-order chi connectivity index (χ0) is 17.1. The average Bonchev–Trinajstić information content (AvgIpc) is 3.23. The predicted octanol–water partition coefficient (Wildman–Crippen LogP) is 2.85. The van der Waals surface area contributed by atoms with Crippen molar-refractivity contribution in [2.75, 3.05) is 18.0 Å². The van der Waals surface area contributed by atoms with E-state index in [1.54, 1.807) is 19.1 Å². The molecular weight excluding hydrogens is 314 g/mol. The summed E-state index contributed by atoms with van der Waals surface area (Å²) in [6, 6.07) is 5.96. The van der Waals surface area contributed by atoms with Gasteiger partial charge in [-0.05, 0) is 25.8 Å². The van der Waals surface area contributed by atoms with Gasteiger partial charge in [-0.2, -0.15) is 0 Å². The molecule has 0 atom stereocenters. The minimum absolute atomic E-state index is 0.0433. The highest BCUT2D eigenvalue weighted by Gasteiger charge is 2.23. The van der Waals surface area contributed by atoms with Crippen LogP contribution >= 0.6 is 0 Å². The minimum atomic E-state index is -0.610. The van der Waals surface area contributed by atoms with Crippen LogP contribution in [0, 0.1) is 17.0 Å². The van der Waals surface area contributed by atoms with E-state index >= 15 is 0 Å². The lowest BCUT2D eigenvalue weighted by molar-refractivity contribution is -0.384. The molecule has 8 heteroatoms. The molecule has 8 nitrogen and oxygen atoms in total. The minimum Gasteiger partial charge on any atom is -0.455 e. The summed E-state index contributed by atoms with van der Waals surface area (Å²) in [5.74, 6) is 0.00964. The summed E-state index contributed by atoms with van der Waals surface area (Å²) in [6.07, 6.45) is 2.06. The van der Waals surface area contributed by atoms with Crippen molar-refractivity contribution in [1.29, 1.82) is 0 Å². The van der Waals surface area contributed by atoms with Crippen LogP contribution in [0.4, 0.5) is 11.4 Å². The van der Waals surface area contributed by atoms with Gasteiger partial charge in [0.1, 0.15) is 18.1 Å². The molecule has 0 bridgehead atoms. The molecule has 24 heavy (non-hydrogen) atoms. The van der Waals surface area contributed by atoms with E-state index in [9.17, 15) is 14.9 Å². The molecule has 1 aliphatic heterocycles. The highest BCUT2D eigenvalue weighted by atomic mass is 16.6. The number of non-ortho nitro benzene ring substituents is 1. The zero-order valence-electron chi connectivity index (χ0n) is 13.2. The molecule has 0 N–H and O–H groups in total. The van der Waals surface area contributed by atoms with Crippen LogP contribution in [0.5, 0.6) is 0 Å². The Balaban J connectivity index is 1.83. The Hall–Kier alpha value is -2.90. The third-order valence-corrected chi connectivity index (χ3v) is 3.89. The summed E-state index contributed by atoms with van der Waals surface area (Å²) in [5, 5.41) is 14.8. The number of nitrogens with zero attached hydrogens (tertiary/aromatic N) is 3. The van der Waals surface area contributed by atoms with Crippen LogP contribution < -0.4 is 4.90 Å². The van der Waals surface area contributed by atoms with Crippen molar-refractivity contribution in [1.82, 2.24) is 5.16 Å². The Morgan fingerprint density at radius 1 is 1.38 bits per heavy atom. The maximum atomic E-state index is 12.4. The van der Waals surface area contributed by atoms with Crippen LogP contribution in [0.15, 0.2) is 28.8 Å². The number of benzene rings is 1. The van der Waals surface area contributed by atoms with Crippen molar-refractivity contribution in [3.05, 3.63) is 51.4 Å². The molecule has 126 valence electrons. The first-order valence-corrected chi connectivity index (χ1v) is 7.67. The van der Waals surface area contributed by atoms with Crippen LogP contribution in [0.3, 0.4) is 0 Å². The number of nitro benzene ring substituents is 1. The SMILES string of the molecule is Cc1cc(COC(=O)c2cc([N+](=O)[O-])ccc2N2CCCC2)no1. The highest BCUT2D eigenvalue weighted by molar-refractivity contribution is 5.96. The first-order chi connectivity index (χ1) is 11.5. The Morgan fingerprint density at radius 3 is 2.75 bits per heavy atom. The lowest BCUT2D eigenvalue weighted by atomic mass is 10.1. The molecule has 2 heterocycles. The highest BCUT2D eigenvalue weighted by Crippen LogP contribution is 2.29. The van der Waals surface area contributed by atoms with Crippen LogP contribution in [0.25, 0.3) is 0 Å². The Kier molecular flexibility index (Phi) is 4.45. The average molecular weight is 331 g/mol. The van der Waals surface area contributed by atoms with Gasteiger partial charge in [-0.1, -0.05) is 5.16 Å². The maximum absolute atomic E-state index is 12.4. The largest absolute Gasteiger partial charge is 0.455 e. The number of esters is 1. The first-order valence-electron chi connectivity index (χ1n) is 7.67. The smallest absolute Gasteiger partial charge is 0.340 e. The Bertz CT molecular complexity index is 765. The van der Waals surface area contributed by atoms with Gasteiger partial charge < -0.3 is 14.2 Å². The number of ether oxygens (including phenoxy) is 1. The fourth-order valence-corrected chi connectivity index (χ4v) is 2.74. The van der Waals surface area contributed by atoms with Gasteiger partial charge in [-0.15, -0.1) is 0 Å². The van der Waals surface area contributed by atoms with E-state index in [0.29, 0.717) is 17.1 Å². The molecule has 1 saturated heterocycles. The molecule has 1 aromatic heterocycles. The second-order valence-corrected chi connectivity index (χ2v) is 5.66. The summed E-state index contributed by atoms with van der Waals surface area (Å²) >= 11 is 0. The number of carbonyl (C=O) groups excluding carboxylic acids is 1. The fraction of sp³-hybridized carbons (Fsp3) is 0.375. The quantitative estimate of drug-likeness (QED) is 0.472. The lowest BCUT2D eigenvalue weighted by Crippen LogP contribution is -2.21. The molecule has 0 aliphatic carbocycles. The summed E-state index contributed by atoms with van der Waals surface area (Å²) in [6.45, 7) is 3.34. The molecule has 0 amide bonds. The third-order valence-electron chi connectivity index (χ3n) is 3.89. The van der Waals surface area contributed by atoms with Crippen molar-refractivity contribution >= 4 is 17.3 Å².